The highest BCUT2D eigenvalue weighted by Crippen LogP contribution is 2.27. The maximum Gasteiger partial charge on any atom is 0.148 e. The van der Waals surface area contributed by atoms with Gasteiger partial charge in [-0.25, -0.2) is 15.8 Å². The third kappa shape index (κ3) is 3.19. The van der Waals surface area contributed by atoms with Gasteiger partial charge >= 0.3 is 0 Å². The van der Waals surface area contributed by atoms with Gasteiger partial charge in [-0.3, -0.25) is 0 Å². The first-order chi connectivity index (χ1) is 9.67. The minimum absolute atomic E-state index is 0.443. The molecule has 0 aromatic carbocycles. The van der Waals surface area contributed by atoms with Crippen molar-refractivity contribution in [1.82, 2.24) is 14.9 Å². The molecule has 112 valence electrons. The number of nitrogen functional groups attached to an aromatic ring is 1. The maximum atomic E-state index is 5.60. The summed E-state index contributed by atoms with van der Waals surface area (Å²) in [5.41, 5.74) is 3.84. The molecule has 0 spiro atoms. The monoisotopic (exact) mass is 278 g/mol. The highest BCUT2D eigenvalue weighted by Gasteiger charge is 2.24. The van der Waals surface area contributed by atoms with Crippen LogP contribution in [0.5, 0.6) is 0 Å². The molecule has 1 unspecified atom stereocenters. The van der Waals surface area contributed by atoms with Crippen molar-refractivity contribution in [3.8, 4) is 0 Å². The number of hydrogen-bond donors (Lipinski definition) is 2. The van der Waals surface area contributed by atoms with E-state index < -0.39 is 0 Å². The molecule has 6 heteroatoms. The van der Waals surface area contributed by atoms with Crippen LogP contribution in [-0.2, 0) is 6.42 Å². The highest BCUT2D eigenvalue weighted by atomic mass is 15.3. The SMILES string of the molecule is CCCc1c(NN)ncnc1N1CCCN(C)CC1C. The predicted molar refractivity (Wildman–Crippen MR) is 82.8 cm³/mol. The molecule has 20 heavy (non-hydrogen) atoms. The van der Waals surface area contributed by atoms with Gasteiger partial charge in [-0.1, -0.05) is 13.3 Å². The van der Waals surface area contributed by atoms with E-state index in [1.165, 1.54) is 0 Å². The Hall–Kier alpha value is -1.40. The average Bonchev–Trinajstić information content (AvgIpc) is 2.60. The first-order valence-corrected chi connectivity index (χ1v) is 7.43. The van der Waals surface area contributed by atoms with E-state index >= 15 is 0 Å². The van der Waals surface area contributed by atoms with Crippen molar-refractivity contribution in [2.24, 2.45) is 5.84 Å². The van der Waals surface area contributed by atoms with Crippen molar-refractivity contribution in [3.63, 3.8) is 0 Å². The van der Waals surface area contributed by atoms with Gasteiger partial charge in [0.25, 0.3) is 0 Å². The Labute approximate surface area is 121 Å². The zero-order chi connectivity index (χ0) is 14.5. The quantitative estimate of drug-likeness (QED) is 0.638. The van der Waals surface area contributed by atoms with Gasteiger partial charge in [-0.2, -0.15) is 0 Å². The molecule has 1 saturated heterocycles. The lowest BCUT2D eigenvalue weighted by Gasteiger charge is -2.31. The van der Waals surface area contributed by atoms with E-state index in [9.17, 15) is 0 Å². The summed E-state index contributed by atoms with van der Waals surface area (Å²) >= 11 is 0. The van der Waals surface area contributed by atoms with Crippen LogP contribution in [0.4, 0.5) is 11.6 Å². The van der Waals surface area contributed by atoms with Crippen molar-refractivity contribution < 1.29 is 0 Å². The van der Waals surface area contributed by atoms with Gasteiger partial charge < -0.3 is 15.2 Å². The first-order valence-electron chi connectivity index (χ1n) is 7.43. The van der Waals surface area contributed by atoms with Crippen molar-refractivity contribution in [3.05, 3.63) is 11.9 Å². The minimum Gasteiger partial charge on any atom is -0.352 e. The fourth-order valence-electron chi connectivity index (χ4n) is 2.94. The molecule has 1 aromatic heterocycles. The number of nitrogens with zero attached hydrogens (tertiary/aromatic N) is 4. The molecule has 2 rings (SSSR count). The Bertz CT molecular complexity index is 436. The molecule has 0 bridgehead atoms. The van der Waals surface area contributed by atoms with E-state index in [0.29, 0.717) is 6.04 Å². The summed E-state index contributed by atoms with van der Waals surface area (Å²) in [6, 6.07) is 0.443. The molecule has 2 heterocycles. The molecular weight excluding hydrogens is 252 g/mol. The third-order valence-electron chi connectivity index (χ3n) is 3.88. The molecule has 1 aromatic rings. The number of nitrogens with two attached hydrogens (primary N) is 1. The average molecular weight is 278 g/mol. The van der Waals surface area contributed by atoms with E-state index in [4.69, 9.17) is 5.84 Å². The molecule has 0 amide bonds. The number of hydrazine groups is 1. The number of likely N-dealkylation sites (N-methyl/N-ethyl adjacent to an activating group) is 1. The van der Waals surface area contributed by atoms with Crippen molar-refractivity contribution in [1.29, 1.82) is 0 Å². The molecular formula is C14H26N6. The largest absolute Gasteiger partial charge is 0.352 e. The lowest BCUT2D eigenvalue weighted by atomic mass is 10.1. The number of rotatable bonds is 4. The van der Waals surface area contributed by atoms with E-state index in [0.717, 1.165) is 56.1 Å². The van der Waals surface area contributed by atoms with Crippen LogP contribution in [-0.4, -0.2) is 47.6 Å². The molecule has 1 aliphatic rings. The van der Waals surface area contributed by atoms with Crippen LogP contribution < -0.4 is 16.2 Å². The Morgan fingerprint density at radius 2 is 2.20 bits per heavy atom. The summed E-state index contributed by atoms with van der Waals surface area (Å²) in [5.74, 6) is 7.39. The topological polar surface area (TPSA) is 70.3 Å². The Balaban J connectivity index is 2.34. The third-order valence-corrected chi connectivity index (χ3v) is 3.88. The Morgan fingerprint density at radius 1 is 1.40 bits per heavy atom. The summed E-state index contributed by atoms with van der Waals surface area (Å²) in [5, 5.41) is 0. The Morgan fingerprint density at radius 3 is 2.90 bits per heavy atom. The van der Waals surface area contributed by atoms with Crippen LogP contribution in [0.1, 0.15) is 32.3 Å². The van der Waals surface area contributed by atoms with Gasteiger partial charge in [-0.05, 0) is 33.4 Å². The summed E-state index contributed by atoms with van der Waals surface area (Å²) in [7, 11) is 2.18. The normalized spacial score (nSPS) is 20.8. The number of anilines is 2. The molecule has 3 N–H and O–H groups in total. The van der Waals surface area contributed by atoms with Gasteiger partial charge in [0.05, 0.1) is 0 Å². The molecule has 6 nitrogen and oxygen atoms in total. The fourth-order valence-corrected chi connectivity index (χ4v) is 2.94. The van der Waals surface area contributed by atoms with Crippen LogP contribution >= 0.6 is 0 Å². The molecule has 1 atom stereocenters. The number of aromatic nitrogens is 2. The van der Waals surface area contributed by atoms with E-state index in [-0.39, 0.29) is 0 Å². The van der Waals surface area contributed by atoms with Crippen LogP contribution in [0, 0.1) is 0 Å². The van der Waals surface area contributed by atoms with Crippen molar-refractivity contribution >= 4 is 11.6 Å². The van der Waals surface area contributed by atoms with Crippen LogP contribution in [0.3, 0.4) is 0 Å². The fraction of sp³-hybridized carbons (Fsp3) is 0.714. The zero-order valence-electron chi connectivity index (χ0n) is 12.8. The van der Waals surface area contributed by atoms with Crippen molar-refractivity contribution in [2.75, 3.05) is 37.0 Å². The van der Waals surface area contributed by atoms with Crippen LogP contribution in [0.2, 0.25) is 0 Å². The predicted octanol–water partition coefficient (Wildman–Crippen LogP) is 1.25. The number of nitrogens with one attached hydrogen (secondary N) is 1. The standard InChI is InChI=1S/C14H26N6/c1-4-6-12-13(18-15)16-10-17-14(12)20-8-5-7-19(3)9-11(20)2/h10-11H,4-9,15H2,1-3H3,(H,16,17,18). The summed E-state index contributed by atoms with van der Waals surface area (Å²) < 4.78 is 0. The van der Waals surface area contributed by atoms with Gasteiger partial charge in [0, 0.05) is 24.7 Å². The smallest absolute Gasteiger partial charge is 0.148 e. The van der Waals surface area contributed by atoms with E-state index in [2.05, 4.69) is 46.1 Å². The van der Waals surface area contributed by atoms with Gasteiger partial charge in [0.15, 0.2) is 0 Å². The lowest BCUT2D eigenvalue weighted by molar-refractivity contribution is 0.337. The molecule has 1 aliphatic heterocycles. The number of hydrogen-bond acceptors (Lipinski definition) is 6. The van der Waals surface area contributed by atoms with E-state index in [1.807, 2.05) is 0 Å². The maximum absolute atomic E-state index is 5.60. The van der Waals surface area contributed by atoms with E-state index in [1.54, 1.807) is 6.33 Å². The minimum atomic E-state index is 0.443. The first kappa shape index (κ1) is 15.0. The second kappa shape index (κ2) is 6.85. The zero-order valence-corrected chi connectivity index (χ0v) is 12.8. The molecule has 0 aliphatic carbocycles. The highest BCUT2D eigenvalue weighted by molar-refractivity contribution is 5.59. The van der Waals surface area contributed by atoms with Gasteiger partial charge in [0.2, 0.25) is 0 Å². The second-order valence-corrected chi connectivity index (χ2v) is 5.58. The van der Waals surface area contributed by atoms with Crippen LogP contribution in [0.25, 0.3) is 0 Å². The summed E-state index contributed by atoms with van der Waals surface area (Å²) in [6.07, 6.45) is 4.75. The summed E-state index contributed by atoms with van der Waals surface area (Å²) in [4.78, 5) is 13.6. The van der Waals surface area contributed by atoms with Crippen molar-refractivity contribution in [2.45, 2.75) is 39.2 Å². The van der Waals surface area contributed by atoms with Crippen LogP contribution in [0.15, 0.2) is 6.33 Å². The summed E-state index contributed by atoms with van der Waals surface area (Å²) in [6.45, 7) is 7.65. The Kier molecular flexibility index (Phi) is 5.14. The lowest BCUT2D eigenvalue weighted by Crippen LogP contribution is -2.39. The molecule has 1 fully saturated rings. The van der Waals surface area contributed by atoms with Gasteiger partial charge in [0.1, 0.15) is 18.0 Å². The second-order valence-electron chi connectivity index (χ2n) is 5.58. The molecule has 0 radical (unpaired) electrons. The van der Waals surface area contributed by atoms with Gasteiger partial charge in [-0.15, -0.1) is 0 Å². The molecule has 0 saturated carbocycles.